The zero-order valence-corrected chi connectivity index (χ0v) is 11.3. The molecule has 5 nitrogen and oxygen atoms in total. The van der Waals surface area contributed by atoms with Crippen molar-refractivity contribution >= 4 is 11.9 Å². The van der Waals surface area contributed by atoms with Crippen LogP contribution in [0.5, 0.6) is 0 Å². The van der Waals surface area contributed by atoms with E-state index in [4.69, 9.17) is 4.74 Å². The largest absolute Gasteiger partial charge is 0.469 e. The van der Waals surface area contributed by atoms with Gasteiger partial charge in [0.1, 0.15) is 6.61 Å². The third-order valence-electron chi connectivity index (χ3n) is 3.57. The smallest absolute Gasteiger partial charge is 0.310 e. The van der Waals surface area contributed by atoms with Gasteiger partial charge in [0.15, 0.2) is 0 Å². The lowest BCUT2D eigenvalue weighted by molar-refractivity contribution is -0.158. The molecule has 0 saturated heterocycles. The Morgan fingerprint density at radius 2 is 1.71 bits per heavy atom. The number of aliphatic hydroxyl groups is 1. The van der Waals surface area contributed by atoms with Crippen molar-refractivity contribution in [2.24, 2.45) is 11.8 Å². The zero-order valence-electron chi connectivity index (χ0n) is 11.3. The fraction of sp³-hybridized carbons (Fsp3) is 0.500. The summed E-state index contributed by atoms with van der Waals surface area (Å²) in [6.45, 7) is 0.167. The van der Waals surface area contributed by atoms with Gasteiger partial charge in [-0.2, -0.15) is 0 Å². The Kier molecular flexibility index (Phi) is 6.37. The van der Waals surface area contributed by atoms with Crippen molar-refractivity contribution in [1.29, 1.82) is 0 Å². The van der Waals surface area contributed by atoms with Gasteiger partial charge in [0, 0.05) is 0 Å². The lowest BCUT2D eigenvalue weighted by atomic mass is 9.96. The maximum atomic E-state index is 12.1. The number of carbonyl (C=O) groups excluding carboxylic acids is 2. The van der Waals surface area contributed by atoms with Crippen LogP contribution in [-0.2, 0) is 25.7 Å². The molecule has 0 amide bonds. The molecule has 0 spiro atoms. The van der Waals surface area contributed by atoms with Crippen LogP contribution in [0, 0.1) is 11.8 Å². The van der Waals surface area contributed by atoms with Gasteiger partial charge in [0.25, 0.3) is 0 Å². The van der Waals surface area contributed by atoms with Crippen LogP contribution < -0.4 is 0 Å². The van der Waals surface area contributed by atoms with Gasteiger partial charge in [-0.05, 0) is 18.4 Å². The number of benzene rings is 1. The molecule has 3 atom stereocenters. The molecule has 1 aromatic rings. The fourth-order valence-electron chi connectivity index (χ4n) is 2.52. The monoisotopic (exact) mass is 294 g/mol. The maximum Gasteiger partial charge on any atom is 0.310 e. The second-order valence-electron chi connectivity index (χ2n) is 4.95. The van der Waals surface area contributed by atoms with Gasteiger partial charge in [-0.15, -0.1) is 0 Å². The summed E-state index contributed by atoms with van der Waals surface area (Å²) in [5.74, 6) is -2.16. The minimum atomic E-state index is -0.659. The predicted molar refractivity (Wildman–Crippen MR) is 77.2 cm³/mol. The molecule has 0 unspecified atom stereocenters. The lowest BCUT2D eigenvalue weighted by Gasteiger charge is -2.15. The number of rotatable bonds is 4. The number of hydrogen-bond donors (Lipinski definition) is 1. The summed E-state index contributed by atoms with van der Waals surface area (Å²) >= 11 is 0. The van der Waals surface area contributed by atoms with Crippen molar-refractivity contribution in [2.75, 3.05) is 7.11 Å². The van der Waals surface area contributed by atoms with E-state index in [2.05, 4.69) is 4.74 Å². The van der Waals surface area contributed by atoms with E-state index < -0.39 is 29.9 Å². The number of methoxy groups -OCH3 is 1. The quantitative estimate of drug-likeness (QED) is 0.859. The van der Waals surface area contributed by atoms with Crippen molar-refractivity contribution in [1.82, 2.24) is 0 Å². The van der Waals surface area contributed by atoms with Crippen LogP contribution in [0.1, 0.15) is 25.8 Å². The van der Waals surface area contributed by atoms with E-state index in [9.17, 15) is 14.7 Å². The Morgan fingerprint density at radius 3 is 2.29 bits per heavy atom. The molecule has 1 fully saturated rings. The third kappa shape index (κ3) is 4.29. The minimum Gasteiger partial charge on any atom is -0.469 e. The summed E-state index contributed by atoms with van der Waals surface area (Å²) in [4.78, 5) is 23.7. The van der Waals surface area contributed by atoms with Crippen LogP contribution >= 0.6 is 0 Å². The molecule has 0 radical (unpaired) electrons. The normalized spacial score (nSPS) is 24.0. The second kappa shape index (κ2) is 7.78. The molecule has 0 bridgehead atoms. The van der Waals surface area contributed by atoms with E-state index in [-0.39, 0.29) is 26.9 Å². The van der Waals surface area contributed by atoms with Crippen molar-refractivity contribution in [2.45, 2.75) is 33.0 Å². The van der Waals surface area contributed by atoms with E-state index >= 15 is 0 Å². The van der Waals surface area contributed by atoms with Gasteiger partial charge in [-0.3, -0.25) is 9.59 Å². The summed E-state index contributed by atoms with van der Waals surface area (Å²) in [7, 11) is 1.28. The molecule has 116 valence electrons. The summed E-state index contributed by atoms with van der Waals surface area (Å²) in [5, 5.41) is 9.63. The molecule has 1 saturated carbocycles. The first-order chi connectivity index (χ1) is 9.61. The zero-order chi connectivity index (χ0) is 14.5. The molecular formula is C16H22O5. The lowest BCUT2D eigenvalue weighted by Crippen LogP contribution is -2.27. The molecule has 1 aromatic carbocycles. The average molecular weight is 294 g/mol. The summed E-state index contributed by atoms with van der Waals surface area (Å²) in [6, 6.07) is 9.31. The first kappa shape index (κ1) is 17.2. The van der Waals surface area contributed by atoms with E-state index in [0.29, 0.717) is 0 Å². The summed E-state index contributed by atoms with van der Waals surface area (Å²) in [6.07, 6.45) is -0.168. The molecule has 1 aliphatic rings. The Balaban J connectivity index is 0.00000220. The first-order valence-corrected chi connectivity index (χ1v) is 6.58. The Labute approximate surface area is 124 Å². The van der Waals surface area contributed by atoms with Crippen LogP contribution in [0.25, 0.3) is 0 Å². The van der Waals surface area contributed by atoms with E-state index in [1.54, 1.807) is 0 Å². The number of aliphatic hydroxyl groups excluding tert-OH is 1. The Hall–Kier alpha value is -1.88. The average Bonchev–Trinajstić information content (AvgIpc) is 2.87. The van der Waals surface area contributed by atoms with E-state index in [1.165, 1.54) is 7.11 Å². The van der Waals surface area contributed by atoms with Crippen LogP contribution in [0.3, 0.4) is 0 Å². The SMILES string of the molecule is C.COC(=O)[C@@H]1C[C@H](O)C[C@H]1C(=O)OCc1ccccc1. The van der Waals surface area contributed by atoms with Gasteiger partial charge in [0.05, 0.1) is 25.0 Å². The van der Waals surface area contributed by atoms with Gasteiger partial charge < -0.3 is 14.6 Å². The number of ether oxygens (including phenoxy) is 2. The Bertz CT molecular complexity index is 471. The maximum absolute atomic E-state index is 12.1. The Morgan fingerprint density at radius 1 is 1.14 bits per heavy atom. The second-order valence-corrected chi connectivity index (χ2v) is 4.95. The van der Waals surface area contributed by atoms with Crippen molar-refractivity contribution in [3.8, 4) is 0 Å². The molecule has 1 aliphatic carbocycles. The van der Waals surface area contributed by atoms with Gasteiger partial charge >= 0.3 is 11.9 Å². The summed E-state index contributed by atoms with van der Waals surface area (Å²) in [5.41, 5.74) is 0.883. The highest BCUT2D eigenvalue weighted by molar-refractivity contribution is 5.82. The minimum absolute atomic E-state index is 0. The van der Waals surface area contributed by atoms with Crippen molar-refractivity contribution < 1.29 is 24.2 Å². The topological polar surface area (TPSA) is 72.8 Å². The molecular weight excluding hydrogens is 272 g/mol. The highest BCUT2D eigenvalue weighted by Gasteiger charge is 2.43. The highest BCUT2D eigenvalue weighted by atomic mass is 16.5. The molecule has 21 heavy (non-hydrogen) atoms. The van der Waals surface area contributed by atoms with Gasteiger partial charge in [-0.1, -0.05) is 37.8 Å². The number of carbonyl (C=O) groups is 2. The molecule has 1 N–H and O–H groups in total. The molecule has 0 heterocycles. The summed E-state index contributed by atoms with van der Waals surface area (Å²) < 4.78 is 9.90. The standard InChI is InChI=1S/C15H18O5.CH4/c1-19-14(17)12-7-11(16)8-13(12)15(18)20-9-10-5-3-2-4-6-10;/h2-6,11-13,16H,7-9H2,1H3;1H4/t11-,12+,13+;/m0./s1. The number of esters is 2. The third-order valence-corrected chi connectivity index (χ3v) is 3.57. The molecule has 0 aromatic heterocycles. The van der Waals surface area contributed by atoms with Crippen LogP contribution in [0.2, 0.25) is 0 Å². The number of hydrogen-bond acceptors (Lipinski definition) is 5. The van der Waals surface area contributed by atoms with Crippen LogP contribution in [0.4, 0.5) is 0 Å². The van der Waals surface area contributed by atoms with E-state index in [0.717, 1.165) is 5.56 Å². The highest BCUT2D eigenvalue weighted by Crippen LogP contribution is 2.34. The van der Waals surface area contributed by atoms with E-state index in [1.807, 2.05) is 30.3 Å². The van der Waals surface area contributed by atoms with Gasteiger partial charge in [0.2, 0.25) is 0 Å². The van der Waals surface area contributed by atoms with Crippen molar-refractivity contribution in [3.05, 3.63) is 35.9 Å². The first-order valence-electron chi connectivity index (χ1n) is 6.58. The molecule has 0 aliphatic heterocycles. The fourth-order valence-corrected chi connectivity index (χ4v) is 2.52. The van der Waals surface area contributed by atoms with Gasteiger partial charge in [-0.25, -0.2) is 0 Å². The van der Waals surface area contributed by atoms with Crippen molar-refractivity contribution in [3.63, 3.8) is 0 Å². The predicted octanol–water partition coefficient (Wildman–Crippen LogP) is 1.93. The molecule has 2 rings (SSSR count). The van der Waals surface area contributed by atoms with Crippen LogP contribution in [0.15, 0.2) is 30.3 Å². The molecule has 5 heteroatoms. The van der Waals surface area contributed by atoms with Crippen LogP contribution in [-0.4, -0.2) is 30.3 Å².